The lowest BCUT2D eigenvalue weighted by atomic mass is 9.76. The summed E-state index contributed by atoms with van der Waals surface area (Å²) in [4.78, 5) is 12.8. The van der Waals surface area contributed by atoms with Gasteiger partial charge in [-0.05, 0) is 42.9 Å². The number of carbonyl (C=O) groups is 1. The summed E-state index contributed by atoms with van der Waals surface area (Å²) < 4.78 is 2.36. The van der Waals surface area contributed by atoms with Crippen molar-refractivity contribution in [2.45, 2.75) is 47.1 Å². The number of benzene rings is 2. The molecule has 1 aliphatic carbocycles. The first-order valence-electron chi connectivity index (χ1n) is 9.71. The van der Waals surface area contributed by atoms with E-state index in [9.17, 15) is 4.79 Å². The maximum atomic E-state index is 12.8. The first kappa shape index (κ1) is 17.8. The highest BCUT2D eigenvalue weighted by Gasteiger charge is 2.34. The lowest BCUT2D eigenvalue weighted by Gasteiger charge is -2.30. The smallest absolute Gasteiger partial charge is 0.165 e. The van der Waals surface area contributed by atoms with Crippen LogP contribution in [0.1, 0.15) is 53.0 Å². The fourth-order valence-corrected chi connectivity index (χ4v) is 4.09. The van der Waals surface area contributed by atoms with E-state index >= 15 is 0 Å². The van der Waals surface area contributed by atoms with Crippen molar-refractivity contribution in [3.05, 3.63) is 82.5 Å². The molecule has 0 spiro atoms. The van der Waals surface area contributed by atoms with Crippen molar-refractivity contribution in [3.63, 3.8) is 0 Å². The zero-order chi connectivity index (χ0) is 19.2. The number of fused-ring (bicyclic) bond motifs is 1. The quantitative estimate of drug-likeness (QED) is 0.565. The molecule has 27 heavy (non-hydrogen) atoms. The van der Waals surface area contributed by atoms with Gasteiger partial charge in [0, 0.05) is 29.9 Å². The van der Waals surface area contributed by atoms with Crippen molar-refractivity contribution < 1.29 is 4.79 Å². The van der Waals surface area contributed by atoms with Crippen LogP contribution in [0, 0.1) is 19.3 Å². The SMILES string of the molecule is Cc1ccc(Cn2c(-c3ccc(C)cc3)cc3c2CC(C)(C)CC3=O)cc1. The van der Waals surface area contributed by atoms with Crippen molar-refractivity contribution in [2.75, 3.05) is 0 Å². The highest BCUT2D eigenvalue weighted by atomic mass is 16.1. The fourth-order valence-electron chi connectivity index (χ4n) is 4.09. The molecule has 3 aromatic rings. The van der Waals surface area contributed by atoms with E-state index in [4.69, 9.17) is 0 Å². The average molecular weight is 357 g/mol. The van der Waals surface area contributed by atoms with Crippen LogP contribution in [0.15, 0.2) is 54.6 Å². The van der Waals surface area contributed by atoms with Crippen molar-refractivity contribution in [3.8, 4) is 11.3 Å². The van der Waals surface area contributed by atoms with E-state index in [0.29, 0.717) is 6.42 Å². The van der Waals surface area contributed by atoms with Gasteiger partial charge >= 0.3 is 0 Å². The number of hydrogen-bond acceptors (Lipinski definition) is 1. The molecule has 0 aliphatic heterocycles. The molecule has 0 radical (unpaired) electrons. The van der Waals surface area contributed by atoms with E-state index in [1.54, 1.807) is 0 Å². The van der Waals surface area contributed by atoms with Gasteiger partial charge in [0.15, 0.2) is 5.78 Å². The van der Waals surface area contributed by atoms with E-state index in [1.807, 2.05) is 0 Å². The van der Waals surface area contributed by atoms with Gasteiger partial charge in [0.25, 0.3) is 0 Å². The summed E-state index contributed by atoms with van der Waals surface area (Å²) in [5, 5.41) is 0. The topological polar surface area (TPSA) is 22.0 Å². The summed E-state index contributed by atoms with van der Waals surface area (Å²) in [7, 11) is 0. The van der Waals surface area contributed by atoms with Gasteiger partial charge in [-0.25, -0.2) is 0 Å². The molecule has 0 saturated heterocycles. The summed E-state index contributed by atoms with van der Waals surface area (Å²) in [5.41, 5.74) is 8.21. The molecule has 0 atom stereocenters. The predicted molar refractivity (Wildman–Crippen MR) is 111 cm³/mol. The number of rotatable bonds is 3. The average Bonchev–Trinajstić information content (AvgIpc) is 2.95. The second-order valence-electron chi connectivity index (χ2n) is 8.77. The van der Waals surface area contributed by atoms with Crippen LogP contribution in [-0.2, 0) is 13.0 Å². The fraction of sp³-hybridized carbons (Fsp3) is 0.320. The van der Waals surface area contributed by atoms with Crippen LogP contribution in [0.3, 0.4) is 0 Å². The number of hydrogen-bond donors (Lipinski definition) is 0. The Kier molecular flexibility index (Phi) is 4.30. The van der Waals surface area contributed by atoms with Crippen molar-refractivity contribution in [1.82, 2.24) is 4.57 Å². The number of carbonyl (C=O) groups excluding carboxylic acids is 1. The van der Waals surface area contributed by atoms with E-state index in [2.05, 4.69) is 86.9 Å². The van der Waals surface area contributed by atoms with Crippen LogP contribution in [-0.4, -0.2) is 10.4 Å². The van der Waals surface area contributed by atoms with Gasteiger partial charge in [-0.15, -0.1) is 0 Å². The maximum absolute atomic E-state index is 12.8. The van der Waals surface area contributed by atoms with Crippen LogP contribution in [0.4, 0.5) is 0 Å². The summed E-state index contributed by atoms with van der Waals surface area (Å²) >= 11 is 0. The lowest BCUT2D eigenvalue weighted by molar-refractivity contribution is 0.0910. The Balaban J connectivity index is 1.86. The van der Waals surface area contributed by atoms with Gasteiger partial charge in [-0.3, -0.25) is 4.79 Å². The first-order valence-corrected chi connectivity index (χ1v) is 9.71. The van der Waals surface area contributed by atoms with Crippen molar-refractivity contribution >= 4 is 5.78 Å². The van der Waals surface area contributed by atoms with Gasteiger partial charge < -0.3 is 4.57 Å². The molecule has 1 heterocycles. The molecule has 2 heteroatoms. The van der Waals surface area contributed by atoms with Gasteiger partial charge in [-0.1, -0.05) is 73.5 Å². The minimum atomic E-state index is 0.0119. The van der Waals surface area contributed by atoms with Crippen molar-refractivity contribution in [1.29, 1.82) is 0 Å². The molecule has 2 nitrogen and oxygen atoms in total. The zero-order valence-corrected chi connectivity index (χ0v) is 16.7. The molecule has 0 unspecified atom stereocenters. The summed E-state index contributed by atoms with van der Waals surface area (Å²) in [6.07, 6.45) is 1.56. The predicted octanol–water partition coefficient (Wildman–Crippen LogP) is 5.98. The van der Waals surface area contributed by atoms with Gasteiger partial charge in [0.1, 0.15) is 0 Å². The first-order chi connectivity index (χ1) is 12.8. The van der Waals surface area contributed by atoms with Crippen LogP contribution in [0.25, 0.3) is 11.3 Å². The number of ketones is 1. The highest BCUT2D eigenvalue weighted by Crippen LogP contribution is 2.39. The Morgan fingerprint density at radius 3 is 2.11 bits per heavy atom. The maximum Gasteiger partial charge on any atom is 0.165 e. The Morgan fingerprint density at radius 2 is 1.48 bits per heavy atom. The second kappa shape index (κ2) is 6.53. The summed E-state index contributed by atoms with van der Waals surface area (Å²) in [6.45, 7) is 9.40. The Bertz CT molecular complexity index is 988. The number of aryl methyl sites for hydroxylation is 2. The van der Waals surface area contributed by atoms with Crippen molar-refractivity contribution in [2.24, 2.45) is 5.41 Å². The Labute approximate surface area is 161 Å². The third kappa shape index (κ3) is 3.49. The molecule has 0 N–H and O–H groups in total. The molecule has 1 aromatic heterocycles. The molecule has 0 amide bonds. The minimum Gasteiger partial charge on any atom is -0.339 e. The van der Waals surface area contributed by atoms with E-state index < -0.39 is 0 Å². The highest BCUT2D eigenvalue weighted by molar-refractivity contribution is 6.00. The zero-order valence-electron chi connectivity index (χ0n) is 16.7. The molecule has 2 aromatic carbocycles. The molecule has 0 bridgehead atoms. The monoisotopic (exact) mass is 357 g/mol. The van der Waals surface area contributed by atoms with Crippen LogP contribution in [0.2, 0.25) is 0 Å². The normalized spacial score (nSPS) is 15.6. The molecule has 138 valence electrons. The number of aromatic nitrogens is 1. The molecular weight excluding hydrogens is 330 g/mol. The molecule has 0 fully saturated rings. The van der Waals surface area contributed by atoms with E-state index in [1.165, 1.54) is 27.9 Å². The Morgan fingerprint density at radius 1 is 0.889 bits per heavy atom. The van der Waals surface area contributed by atoms with E-state index in [-0.39, 0.29) is 11.2 Å². The number of Topliss-reactive ketones (excluding diaryl/α,β-unsaturated/α-hetero) is 1. The third-order valence-electron chi connectivity index (χ3n) is 5.60. The summed E-state index contributed by atoms with van der Waals surface area (Å²) in [6, 6.07) is 19.4. The second-order valence-corrected chi connectivity index (χ2v) is 8.77. The Hall–Kier alpha value is -2.61. The lowest BCUT2D eigenvalue weighted by Crippen LogP contribution is -2.28. The summed E-state index contributed by atoms with van der Waals surface area (Å²) in [5.74, 6) is 0.275. The molecule has 0 saturated carbocycles. The standard InChI is InChI=1S/C25H27NO/c1-17-5-9-19(10-6-17)16-26-22(20-11-7-18(2)8-12-20)13-21-23(26)14-25(3,4)15-24(21)27/h5-13H,14-16H2,1-4H3. The number of nitrogens with zero attached hydrogens (tertiary/aromatic N) is 1. The van der Waals surface area contributed by atoms with Gasteiger partial charge in [0.05, 0.1) is 0 Å². The molecule has 4 rings (SSSR count). The van der Waals surface area contributed by atoms with Crippen LogP contribution >= 0.6 is 0 Å². The van der Waals surface area contributed by atoms with E-state index in [0.717, 1.165) is 24.2 Å². The molecule has 1 aliphatic rings. The molecular formula is C25H27NO. The van der Waals surface area contributed by atoms with Crippen LogP contribution in [0.5, 0.6) is 0 Å². The van der Waals surface area contributed by atoms with Gasteiger partial charge in [0.2, 0.25) is 0 Å². The van der Waals surface area contributed by atoms with Gasteiger partial charge in [-0.2, -0.15) is 0 Å². The largest absolute Gasteiger partial charge is 0.339 e. The minimum absolute atomic E-state index is 0.0119. The third-order valence-corrected chi connectivity index (χ3v) is 5.60. The van der Waals surface area contributed by atoms with Crippen LogP contribution < -0.4 is 0 Å².